The Morgan fingerprint density at radius 2 is 2.10 bits per heavy atom. The zero-order chi connectivity index (χ0) is 15.0. The minimum atomic E-state index is -3.64. The van der Waals surface area contributed by atoms with Crippen LogP contribution in [0.3, 0.4) is 0 Å². The summed E-state index contributed by atoms with van der Waals surface area (Å²) >= 11 is 0. The summed E-state index contributed by atoms with van der Waals surface area (Å²) in [7, 11) is -3.64. The third kappa shape index (κ3) is 2.77. The summed E-state index contributed by atoms with van der Waals surface area (Å²) in [6.07, 6.45) is 0. The van der Waals surface area contributed by atoms with Crippen molar-refractivity contribution in [3.05, 3.63) is 18.2 Å². The first-order valence-electron chi connectivity index (χ1n) is 6.10. The number of hydrogen-bond acceptors (Lipinski definition) is 5. The van der Waals surface area contributed by atoms with Crippen LogP contribution in [0.5, 0.6) is 5.75 Å². The second-order valence-corrected chi connectivity index (χ2v) is 6.68. The fraction of sp³-hybridized carbons (Fsp3) is 0.417. The van der Waals surface area contributed by atoms with Gasteiger partial charge in [-0.15, -0.1) is 0 Å². The average molecular weight is 299 g/mol. The molecular weight excluding hydrogens is 282 g/mol. The maximum Gasteiger partial charge on any atom is 0.268 e. The number of anilines is 1. The molecular formula is C12H17N3O4S. The van der Waals surface area contributed by atoms with Gasteiger partial charge in [-0.1, -0.05) is 0 Å². The minimum Gasteiger partial charge on any atom is -0.476 e. The van der Waals surface area contributed by atoms with Gasteiger partial charge in [0.05, 0.1) is 10.6 Å². The lowest BCUT2D eigenvalue weighted by Gasteiger charge is -2.31. The van der Waals surface area contributed by atoms with Crippen LogP contribution >= 0.6 is 0 Å². The van der Waals surface area contributed by atoms with Gasteiger partial charge in [0.1, 0.15) is 5.75 Å². The molecule has 0 radical (unpaired) electrons. The number of nitrogens with one attached hydrogen (secondary N) is 2. The number of carbonyl (C=O) groups is 1. The van der Waals surface area contributed by atoms with Crippen LogP contribution in [-0.2, 0) is 14.8 Å². The average Bonchev–Trinajstić information content (AvgIpc) is 2.37. The molecule has 0 saturated heterocycles. The van der Waals surface area contributed by atoms with Crippen LogP contribution < -0.4 is 20.5 Å². The Morgan fingerprint density at radius 1 is 1.40 bits per heavy atom. The molecule has 0 saturated carbocycles. The largest absolute Gasteiger partial charge is 0.476 e. The predicted octanol–water partition coefficient (Wildman–Crippen LogP) is 0.0331. The quantitative estimate of drug-likeness (QED) is 0.726. The number of ether oxygens (including phenoxy) is 1. The van der Waals surface area contributed by atoms with Crippen molar-refractivity contribution in [2.24, 2.45) is 5.73 Å². The number of carbonyl (C=O) groups excluding carboxylic acids is 1. The number of benzene rings is 1. The second-order valence-electron chi connectivity index (χ2n) is 4.91. The van der Waals surface area contributed by atoms with Gasteiger partial charge in [0.15, 0.2) is 5.60 Å². The molecule has 2 rings (SSSR count). The Kier molecular flexibility index (Phi) is 3.72. The van der Waals surface area contributed by atoms with Crippen LogP contribution in [0, 0.1) is 0 Å². The molecule has 1 heterocycles. The summed E-state index contributed by atoms with van der Waals surface area (Å²) in [4.78, 5) is 11.8. The number of hydrogen-bond donors (Lipinski definition) is 3. The van der Waals surface area contributed by atoms with Gasteiger partial charge in [0.2, 0.25) is 10.0 Å². The number of amides is 1. The molecule has 0 aromatic heterocycles. The van der Waals surface area contributed by atoms with Crippen LogP contribution in [-0.4, -0.2) is 33.0 Å². The molecule has 1 amide bonds. The third-order valence-corrected chi connectivity index (χ3v) is 4.32. The molecule has 7 nitrogen and oxygen atoms in total. The highest BCUT2D eigenvalue weighted by Gasteiger charge is 2.35. The molecule has 20 heavy (non-hydrogen) atoms. The standard InChI is InChI=1S/C12H17N3O4S/c1-12(2)11(16)15-9-7-8(3-4-10(9)19-12)20(17,18)14-6-5-13/h3-4,7,14H,5-6,13H2,1-2H3,(H,15,16). The van der Waals surface area contributed by atoms with Gasteiger partial charge >= 0.3 is 0 Å². The van der Waals surface area contributed by atoms with Crippen molar-refractivity contribution in [2.45, 2.75) is 24.3 Å². The summed E-state index contributed by atoms with van der Waals surface area (Å²) in [5.41, 5.74) is 4.63. The normalized spacial score (nSPS) is 17.1. The van der Waals surface area contributed by atoms with Crippen LogP contribution in [0.15, 0.2) is 23.1 Å². The van der Waals surface area contributed by atoms with Gasteiger partial charge in [-0.3, -0.25) is 4.79 Å². The van der Waals surface area contributed by atoms with E-state index in [9.17, 15) is 13.2 Å². The molecule has 110 valence electrons. The molecule has 0 atom stereocenters. The van der Waals surface area contributed by atoms with Gasteiger partial charge in [0.25, 0.3) is 5.91 Å². The summed E-state index contributed by atoms with van der Waals surface area (Å²) in [6.45, 7) is 3.63. The van der Waals surface area contributed by atoms with Crippen molar-refractivity contribution in [3.8, 4) is 5.75 Å². The third-order valence-electron chi connectivity index (χ3n) is 2.86. The molecule has 0 spiro atoms. The Bertz CT molecular complexity index is 640. The van der Waals surface area contributed by atoms with Gasteiger partial charge in [-0.25, -0.2) is 13.1 Å². The Hall–Kier alpha value is -1.64. The fourth-order valence-electron chi connectivity index (χ4n) is 1.73. The van der Waals surface area contributed by atoms with Crippen LogP contribution in [0.1, 0.15) is 13.8 Å². The molecule has 1 aromatic carbocycles. The number of nitrogens with two attached hydrogens (primary N) is 1. The zero-order valence-electron chi connectivity index (χ0n) is 11.3. The molecule has 0 unspecified atom stereocenters. The van der Waals surface area contributed by atoms with E-state index in [2.05, 4.69) is 10.0 Å². The Balaban J connectivity index is 2.34. The number of sulfonamides is 1. The molecule has 1 aliphatic rings. The lowest BCUT2D eigenvalue weighted by Crippen LogP contribution is -2.45. The van der Waals surface area contributed by atoms with Crippen molar-refractivity contribution in [1.82, 2.24) is 4.72 Å². The van der Waals surface area contributed by atoms with Crippen LogP contribution in [0.4, 0.5) is 5.69 Å². The van der Waals surface area contributed by atoms with Gasteiger partial charge < -0.3 is 15.8 Å². The predicted molar refractivity (Wildman–Crippen MR) is 74.0 cm³/mol. The first-order valence-corrected chi connectivity index (χ1v) is 7.59. The van der Waals surface area contributed by atoms with E-state index >= 15 is 0 Å². The van der Waals surface area contributed by atoms with Crippen LogP contribution in [0.2, 0.25) is 0 Å². The van der Waals surface area contributed by atoms with Crippen LogP contribution in [0.25, 0.3) is 0 Å². The maximum atomic E-state index is 12.0. The summed E-state index contributed by atoms with van der Waals surface area (Å²) < 4.78 is 31.8. The lowest BCUT2D eigenvalue weighted by atomic mass is 10.1. The fourth-order valence-corrected chi connectivity index (χ4v) is 2.81. The van der Waals surface area contributed by atoms with E-state index in [-0.39, 0.29) is 23.9 Å². The summed E-state index contributed by atoms with van der Waals surface area (Å²) in [6, 6.07) is 4.31. The van der Waals surface area contributed by atoms with Gasteiger partial charge in [-0.2, -0.15) is 0 Å². The molecule has 4 N–H and O–H groups in total. The monoisotopic (exact) mass is 299 g/mol. The Morgan fingerprint density at radius 3 is 2.75 bits per heavy atom. The van der Waals surface area contributed by atoms with E-state index < -0.39 is 15.6 Å². The SMILES string of the molecule is CC1(C)Oc2ccc(S(=O)(=O)NCCN)cc2NC1=O. The highest BCUT2D eigenvalue weighted by atomic mass is 32.2. The van der Waals surface area contributed by atoms with Crippen molar-refractivity contribution in [2.75, 3.05) is 18.4 Å². The van der Waals surface area contributed by atoms with Crippen molar-refractivity contribution >= 4 is 21.6 Å². The molecule has 0 aliphatic carbocycles. The van der Waals surface area contributed by atoms with E-state index in [1.165, 1.54) is 18.2 Å². The topological polar surface area (TPSA) is 111 Å². The molecule has 8 heteroatoms. The smallest absolute Gasteiger partial charge is 0.268 e. The minimum absolute atomic E-state index is 0.0494. The lowest BCUT2D eigenvalue weighted by molar-refractivity contribution is -0.129. The molecule has 0 fully saturated rings. The van der Waals surface area contributed by atoms with E-state index in [1.807, 2.05) is 0 Å². The highest BCUT2D eigenvalue weighted by molar-refractivity contribution is 7.89. The molecule has 1 aliphatic heterocycles. The number of fused-ring (bicyclic) bond motifs is 1. The summed E-state index contributed by atoms with van der Waals surface area (Å²) in [5, 5.41) is 2.64. The van der Waals surface area contributed by atoms with Gasteiger partial charge in [-0.05, 0) is 32.0 Å². The van der Waals surface area contributed by atoms with E-state index in [1.54, 1.807) is 13.8 Å². The zero-order valence-corrected chi connectivity index (χ0v) is 12.1. The van der Waals surface area contributed by atoms with Crippen molar-refractivity contribution in [1.29, 1.82) is 0 Å². The number of rotatable bonds is 4. The van der Waals surface area contributed by atoms with E-state index in [4.69, 9.17) is 10.5 Å². The van der Waals surface area contributed by atoms with E-state index in [0.29, 0.717) is 11.4 Å². The molecule has 0 bridgehead atoms. The van der Waals surface area contributed by atoms with Gasteiger partial charge in [0, 0.05) is 13.1 Å². The first kappa shape index (κ1) is 14.8. The Labute approximate surface area is 117 Å². The van der Waals surface area contributed by atoms with E-state index in [0.717, 1.165) is 0 Å². The second kappa shape index (κ2) is 5.04. The summed E-state index contributed by atoms with van der Waals surface area (Å²) in [5.74, 6) is 0.113. The first-order chi connectivity index (χ1) is 9.26. The maximum absolute atomic E-state index is 12.0. The molecule has 1 aromatic rings. The van der Waals surface area contributed by atoms with Crippen molar-refractivity contribution < 1.29 is 17.9 Å². The highest BCUT2D eigenvalue weighted by Crippen LogP contribution is 2.34. The van der Waals surface area contributed by atoms with Crippen molar-refractivity contribution in [3.63, 3.8) is 0 Å².